The van der Waals surface area contributed by atoms with E-state index in [1.54, 1.807) is 11.3 Å². The number of hydrogen-bond acceptors (Lipinski definition) is 3. The van der Waals surface area contributed by atoms with Gasteiger partial charge in [0, 0.05) is 29.6 Å². The molecule has 0 amide bonds. The lowest BCUT2D eigenvalue weighted by Crippen LogP contribution is -2.58. The molecule has 2 aromatic rings. The predicted molar refractivity (Wildman–Crippen MR) is 66.8 cm³/mol. The van der Waals surface area contributed by atoms with Crippen molar-refractivity contribution in [1.82, 2.24) is 10.3 Å². The molecule has 0 aliphatic carbocycles. The molecular formula is C13H14N2S. The van der Waals surface area contributed by atoms with E-state index in [1.807, 2.05) is 11.7 Å². The van der Waals surface area contributed by atoms with Crippen LogP contribution < -0.4 is 5.32 Å². The lowest BCUT2D eigenvalue weighted by Gasteiger charge is -2.43. The van der Waals surface area contributed by atoms with Crippen molar-refractivity contribution in [3.05, 3.63) is 52.5 Å². The molecule has 3 rings (SSSR count). The molecule has 0 unspecified atom stereocenters. The van der Waals surface area contributed by atoms with Crippen LogP contribution in [0.25, 0.3) is 0 Å². The van der Waals surface area contributed by atoms with Gasteiger partial charge in [0.25, 0.3) is 0 Å². The molecule has 0 radical (unpaired) electrons. The molecule has 3 heteroatoms. The van der Waals surface area contributed by atoms with Crippen molar-refractivity contribution in [3.63, 3.8) is 0 Å². The Labute approximate surface area is 99.4 Å². The number of nitrogens with one attached hydrogen (secondary N) is 1. The first kappa shape index (κ1) is 10.00. The van der Waals surface area contributed by atoms with Gasteiger partial charge in [-0.25, -0.2) is 0 Å². The molecular weight excluding hydrogens is 216 g/mol. The minimum absolute atomic E-state index is 0.299. The Hall–Kier alpha value is -1.19. The molecule has 2 nitrogen and oxygen atoms in total. The molecule has 1 saturated heterocycles. The molecule has 16 heavy (non-hydrogen) atoms. The van der Waals surface area contributed by atoms with Gasteiger partial charge in [-0.2, -0.15) is 0 Å². The largest absolute Gasteiger partial charge is 0.315 e. The van der Waals surface area contributed by atoms with Gasteiger partial charge in [-0.15, -0.1) is 11.3 Å². The summed E-state index contributed by atoms with van der Waals surface area (Å²) in [5.74, 6) is 0. The van der Waals surface area contributed by atoms with Crippen molar-refractivity contribution in [1.29, 1.82) is 0 Å². The maximum atomic E-state index is 4.16. The molecule has 1 N–H and O–H groups in total. The number of aromatic nitrogens is 1. The predicted octanol–water partition coefficient (Wildman–Crippen LogP) is 2.23. The number of benzene rings is 1. The Kier molecular flexibility index (Phi) is 2.50. The minimum Gasteiger partial charge on any atom is -0.315 e. The van der Waals surface area contributed by atoms with Crippen LogP contribution in [0.1, 0.15) is 10.4 Å². The zero-order valence-corrected chi connectivity index (χ0v) is 9.83. The summed E-state index contributed by atoms with van der Waals surface area (Å²) in [6, 6.07) is 10.8. The fraction of sp³-hybridized carbons (Fsp3) is 0.308. The van der Waals surface area contributed by atoms with Gasteiger partial charge in [-0.05, 0) is 12.0 Å². The highest BCUT2D eigenvalue weighted by Gasteiger charge is 2.38. The first-order valence-corrected chi connectivity index (χ1v) is 6.41. The van der Waals surface area contributed by atoms with E-state index < -0.39 is 0 Å². The summed E-state index contributed by atoms with van der Waals surface area (Å²) >= 11 is 1.75. The third-order valence-electron chi connectivity index (χ3n) is 3.31. The zero-order valence-electron chi connectivity index (χ0n) is 9.02. The van der Waals surface area contributed by atoms with E-state index in [0.29, 0.717) is 5.41 Å². The molecule has 1 aliphatic heterocycles. The molecule has 1 aromatic heterocycles. The van der Waals surface area contributed by atoms with Gasteiger partial charge in [-0.3, -0.25) is 4.98 Å². The first-order valence-electron chi connectivity index (χ1n) is 5.53. The maximum Gasteiger partial charge on any atom is 0.0794 e. The summed E-state index contributed by atoms with van der Waals surface area (Å²) in [5.41, 5.74) is 3.66. The van der Waals surface area contributed by atoms with Gasteiger partial charge in [0.05, 0.1) is 5.51 Å². The van der Waals surface area contributed by atoms with E-state index in [1.165, 1.54) is 10.4 Å². The highest BCUT2D eigenvalue weighted by atomic mass is 32.1. The van der Waals surface area contributed by atoms with Crippen LogP contribution in [0.15, 0.2) is 42.0 Å². The van der Waals surface area contributed by atoms with E-state index in [-0.39, 0.29) is 0 Å². The lowest BCUT2D eigenvalue weighted by molar-refractivity contribution is 0.276. The summed E-state index contributed by atoms with van der Waals surface area (Å²) in [6.45, 7) is 2.16. The van der Waals surface area contributed by atoms with E-state index in [4.69, 9.17) is 0 Å². The van der Waals surface area contributed by atoms with Crippen LogP contribution in [0, 0.1) is 0 Å². The summed E-state index contributed by atoms with van der Waals surface area (Å²) in [6.07, 6.45) is 3.10. The smallest absolute Gasteiger partial charge is 0.0794 e. The second-order valence-corrected chi connectivity index (χ2v) is 5.37. The van der Waals surface area contributed by atoms with E-state index in [0.717, 1.165) is 19.5 Å². The summed E-state index contributed by atoms with van der Waals surface area (Å²) < 4.78 is 0. The number of nitrogens with zero attached hydrogens (tertiary/aromatic N) is 1. The molecule has 0 atom stereocenters. The zero-order chi connectivity index (χ0) is 10.8. The Morgan fingerprint density at radius 2 is 2.06 bits per heavy atom. The van der Waals surface area contributed by atoms with Crippen molar-refractivity contribution < 1.29 is 0 Å². The molecule has 0 saturated carbocycles. The number of rotatable bonds is 3. The molecule has 1 aromatic carbocycles. The Balaban J connectivity index is 1.89. The van der Waals surface area contributed by atoms with Crippen molar-refractivity contribution in [2.24, 2.45) is 0 Å². The van der Waals surface area contributed by atoms with Crippen molar-refractivity contribution in [3.8, 4) is 0 Å². The summed E-state index contributed by atoms with van der Waals surface area (Å²) in [7, 11) is 0. The molecule has 0 spiro atoms. The maximum absolute atomic E-state index is 4.16. The Morgan fingerprint density at radius 3 is 2.62 bits per heavy atom. The number of hydrogen-bond donors (Lipinski definition) is 1. The molecule has 1 aliphatic rings. The number of thiazole rings is 1. The highest BCUT2D eigenvalue weighted by Crippen LogP contribution is 2.33. The normalized spacial score (nSPS) is 18.0. The third-order valence-corrected chi connectivity index (χ3v) is 4.09. The van der Waals surface area contributed by atoms with E-state index >= 15 is 0 Å². The summed E-state index contributed by atoms with van der Waals surface area (Å²) in [4.78, 5) is 5.54. The molecule has 1 fully saturated rings. The molecule has 2 heterocycles. The second kappa shape index (κ2) is 4.00. The van der Waals surface area contributed by atoms with Crippen molar-refractivity contribution >= 4 is 11.3 Å². The average molecular weight is 230 g/mol. The van der Waals surface area contributed by atoms with Crippen LogP contribution in [0.4, 0.5) is 0 Å². The van der Waals surface area contributed by atoms with Crippen LogP contribution in [0.2, 0.25) is 0 Å². The van der Waals surface area contributed by atoms with Gasteiger partial charge < -0.3 is 5.32 Å². The van der Waals surface area contributed by atoms with Crippen molar-refractivity contribution in [2.45, 2.75) is 11.8 Å². The fourth-order valence-corrected chi connectivity index (χ4v) is 3.05. The molecule has 82 valence electrons. The van der Waals surface area contributed by atoms with Crippen LogP contribution in [0.3, 0.4) is 0 Å². The average Bonchev–Trinajstić information content (AvgIpc) is 2.77. The van der Waals surface area contributed by atoms with E-state index in [2.05, 4.69) is 40.6 Å². The van der Waals surface area contributed by atoms with Crippen LogP contribution in [0.5, 0.6) is 0 Å². The third kappa shape index (κ3) is 1.66. The van der Waals surface area contributed by atoms with Gasteiger partial charge >= 0.3 is 0 Å². The highest BCUT2D eigenvalue weighted by molar-refractivity contribution is 7.09. The SMILES string of the molecule is c1ccc(C2(Cc3cncs3)CNC2)cc1. The Bertz CT molecular complexity index is 446. The fourth-order valence-electron chi connectivity index (χ4n) is 2.31. The first-order chi connectivity index (χ1) is 7.89. The van der Waals surface area contributed by atoms with Crippen molar-refractivity contribution in [2.75, 3.05) is 13.1 Å². The standard InChI is InChI=1S/C13H14N2S/c1-2-4-11(5-3-1)13(8-15-9-13)6-12-7-14-10-16-12/h1-5,7,10,15H,6,8-9H2. The van der Waals surface area contributed by atoms with Gasteiger partial charge in [0.2, 0.25) is 0 Å². The minimum atomic E-state index is 0.299. The molecule has 0 bridgehead atoms. The van der Waals surface area contributed by atoms with Gasteiger partial charge in [0.1, 0.15) is 0 Å². The summed E-state index contributed by atoms with van der Waals surface area (Å²) in [5, 5.41) is 3.40. The van der Waals surface area contributed by atoms with Gasteiger partial charge in [-0.1, -0.05) is 30.3 Å². The Morgan fingerprint density at radius 1 is 1.25 bits per heavy atom. The van der Waals surface area contributed by atoms with E-state index in [9.17, 15) is 0 Å². The topological polar surface area (TPSA) is 24.9 Å². The van der Waals surface area contributed by atoms with Crippen LogP contribution in [-0.2, 0) is 11.8 Å². The van der Waals surface area contributed by atoms with Crippen LogP contribution >= 0.6 is 11.3 Å². The van der Waals surface area contributed by atoms with Crippen LogP contribution in [-0.4, -0.2) is 18.1 Å². The second-order valence-electron chi connectivity index (χ2n) is 4.39. The van der Waals surface area contributed by atoms with Gasteiger partial charge in [0.15, 0.2) is 0 Å². The monoisotopic (exact) mass is 230 g/mol. The quantitative estimate of drug-likeness (QED) is 0.874. The lowest BCUT2D eigenvalue weighted by atomic mass is 9.72.